The molecule has 3 aliphatic rings. The molecular weight excluding hydrogens is 432 g/mol. The molecule has 5 atom stereocenters. The number of phenolic OH excluding ortho intramolecular Hbond substituents is 1. The summed E-state index contributed by atoms with van der Waals surface area (Å²) in [5.74, 6) is -8.80. The first-order valence-electron chi connectivity index (χ1n) is 10.3. The van der Waals surface area contributed by atoms with E-state index in [9.17, 15) is 39.9 Å². The summed E-state index contributed by atoms with van der Waals surface area (Å²) >= 11 is 0. The molecule has 1 aromatic carbocycles. The summed E-state index contributed by atoms with van der Waals surface area (Å²) < 4.78 is 0. The number of ketones is 2. The van der Waals surface area contributed by atoms with Crippen molar-refractivity contribution in [2.75, 3.05) is 11.9 Å². The lowest BCUT2D eigenvalue weighted by Crippen LogP contribution is -2.62. The van der Waals surface area contributed by atoms with Crippen molar-refractivity contribution in [1.82, 2.24) is 0 Å². The fraction of sp³-hybridized carbons (Fsp3) is 0.348. The predicted octanol–water partition coefficient (Wildman–Crippen LogP) is 0.710. The van der Waals surface area contributed by atoms with Crippen molar-refractivity contribution in [1.29, 1.82) is 0 Å². The Bertz CT molecular complexity index is 1180. The van der Waals surface area contributed by atoms with Crippen LogP contribution in [0.15, 0.2) is 47.5 Å². The zero-order valence-corrected chi connectivity index (χ0v) is 17.7. The van der Waals surface area contributed by atoms with Gasteiger partial charge in [0.05, 0.1) is 17.4 Å². The fourth-order valence-electron chi connectivity index (χ4n) is 5.32. The van der Waals surface area contributed by atoms with Crippen molar-refractivity contribution in [3.05, 3.63) is 58.6 Å². The largest absolute Gasteiger partial charge is 0.511 e. The van der Waals surface area contributed by atoms with Crippen LogP contribution in [0.2, 0.25) is 0 Å². The van der Waals surface area contributed by atoms with Crippen molar-refractivity contribution in [3.8, 4) is 5.75 Å². The van der Waals surface area contributed by atoms with Crippen molar-refractivity contribution in [3.63, 3.8) is 0 Å². The number of Topliss-reactive ketones (excluding diaryl/α,β-unsaturated/α-hetero) is 2. The van der Waals surface area contributed by atoms with Crippen molar-refractivity contribution in [2.45, 2.75) is 31.0 Å². The second-order valence-corrected chi connectivity index (χ2v) is 8.58. The van der Waals surface area contributed by atoms with Gasteiger partial charge in [0, 0.05) is 30.4 Å². The van der Waals surface area contributed by atoms with E-state index in [-0.39, 0.29) is 17.0 Å². The molecule has 4 rings (SSSR count). The van der Waals surface area contributed by atoms with E-state index in [0.29, 0.717) is 12.1 Å². The van der Waals surface area contributed by atoms with Crippen LogP contribution in [0.25, 0.3) is 0 Å². The van der Waals surface area contributed by atoms with Gasteiger partial charge in [0.2, 0.25) is 5.78 Å². The predicted molar refractivity (Wildman–Crippen MR) is 116 cm³/mol. The molecule has 10 heteroatoms. The van der Waals surface area contributed by atoms with Crippen LogP contribution in [0.1, 0.15) is 35.2 Å². The number of amides is 1. The van der Waals surface area contributed by atoms with Gasteiger partial charge in [-0.15, -0.1) is 6.58 Å². The summed E-state index contributed by atoms with van der Waals surface area (Å²) in [7, 11) is 0. The molecule has 0 saturated heterocycles. The minimum absolute atomic E-state index is 0.139. The molecule has 0 aromatic heterocycles. The van der Waals surface area contributed by atoms with Crippen molar-refractivity contribution in [2.24, 2.45) is 17.6 Å². The Labute approximate surface area is 188 Å². The average molecular weight is 456 g/mol. The Hall–Kier alpha value is -3.63. The number of hydrogen-bond acceptors (Lipinski definition) is 9. The molecule has 8 N–H and O–H groups in total. The molecule has 33 heavy (non-hydrogen) atoms. The van der Waals surface area contributed by atoms with Gasteiger partial charge in [-0.25, -0.2) is 0 Å². The summed E-state index contributed by atoms with van der Waals surface area (Å²) in [4.78, 5) is 38.2. The third-order valence-electron chi connectivity index (χ3n) is 6.94. The van der Waals surface area contributed by atoms with Crippen molar-refractivity contribution >= 4 is 23.2 Å². The van der Waals surface area contributed by atoms with E-state index in [2.05, 4.69) is 11.9 Å². The first-order chi connectivity index (χ1) is 15.5. The molecule has 1 aromatic rings. The van der Waals surface area contributed by atoms with Crippen LogP contribution in [-0.2, 0) is 9.59 Å². The number of nitrogens with one attached hydrogen (secondary N) is 1. The van der Waals surface area contributed by atoms with Gasteiger partial charge in [-0.1, -0.05) is 19.1 Å². The number of nitrogens with two attached hydrogens (primary N) is 1. The SMILES string of the molecule is C=CCNc1ccc2c(c1O)C(=O)C1=C(O)[C@]3(O)C(=O)C(C(N)=O)=C(O)C[C@@H]3[C@@H](O)[C@@H]1[C@H]2C. The van der Waals surface area contributed by atoms with Crippen molar-refractivity contribution < 1.29 is 39.9 Å². The van der Waals surface area contributed by atoms with Gasteiger partial charge in [-0.05, 0) is 17.5 Å². The highest BCUT2D eigenvalue weighted by Gasteiger charge is 2.64. The van der Waals surface area contributed by atoms with Gasteiger partial charge in [-0.2, -0.15) is 0 Å². The lowest BCUT2D eigenvalue weighted by Gasteiger charge is -2.50. The van der Waals surface area contributed by atoms with E-state index in [1.54, 1.807) is 25.1 Å². The van der Waals surface area contributed by atoms with Gasteiger partial charge in [-0.3, -0.25) is 14.4 Å². The maximum absolute atomic E-state index is 13.5. The molecule has 0 radical (unpaired) electrons. The summed E-state index contributed by atoms with van der Waals surface area (Å²) in [6.07, 6.45) is -0.512. The third kappa shape index (κ3) is 2.84. The van der Waals surface area contributed by atoms with Gasteiger partial charge >= 0.3 is 0 Å². The number of rotatable bonds is 4. The van der Waals surface area contributed by atoms with Gasteiger partial charge in [0.1, 0.15) is 22.8 Å². The number of primary amides is 1. The molecule has 0 spiro atoms. The number of aliphatic hydroxyl groups is 4. The Morgan fingerprint density at radius 3 is 2.58 bits per heavy atom. The van der Waals surface area contributed by atoms with E-state index in [1.165, 1.54) is 0 Å². The van der Waals surface area contributed by atoms with Crippen LogP contribution in [0.3, 0.4) is 0 Å². The van der Waals surface area contributed by atoms with Crippen LogP contribution in [-0.4, -0.2) is 61.3 Å². The first-order valence-corrected chi connectivity index (χ1v) is 10.3. The van der Waals surface area contributed by atoms with Crippen LogP contribution < -0.4 is 11.1 Å². The monoisotopic (exact) mass is 456 g/mol. The van der Waals surface area contributed by atoms with Gasteiger partial charge in [0.25, 0.3) is 5.91 Å². The number of anilines is 1. The highest BCUT2D eigenvalue weighted by molar-refractivity contribution is 6.24. The fourth-order valence-corrected chi connectivity index (χ4v) is 5.32. The van der Waals surface area contributed by atoms with E-state index in [4.69, 9.17) is 5.73 Å². The van der Waals surface area contributed by atoms with Gasteiger partial charge < -0.3 is 36.6 Å². The topological polar surface area (TPSA) is 190 Å². The van der Waals surface area contributed by atoms with Gasteiger partial charge in [0.15, 0.2) is 11.4 Å². The number of hydrogen-bond donors (Lipinski definition) is 7. The molecule has 0 fully saturated rings. The summed E-state index contributed by atoms with van der Waals surface area (Å²) in [5.41, 5.74) is 1.49. The molecule has 174 valence electrons. The second-order valence-electron chi connectivity index (χ2n) is 8.58. The third-order valence-corrected chi connectivity index (χ3v) is 6.94. The number of fused-ring (bicyclic) bond motifs is 3. The minimum atomic E-state index is -2.84. The summed E-state index contributed by atoms with van der Waals surface area (Å²) in [6, 6.07) is 3.18. The Morgan fingerprint density at radius 2 is 1.97 bits per heavy atom. The summed E-state index contributed by atoms with van der Waals surface area (Å²) in [5, 5.41) is 57.3. The minimum Gasteiger partial charge on any atom is -0.511 e. The number of carbonyl (C=O) groups is 3. The Balaban J connectivity index is 1.95. The number of phenols is 1. The normalized spacial score (nSPS) is 31.0. The first kappa shape index (κ1) is 22.6. The Morgan fingerprint density at radius 1 is 1.30 bits per heavy atom. The van der Waals surface area contributed by atoms with Crippen LogP contribution in [0.4, 0.5) is 5.69 Å². The molecule has 0 saturated carbocycles. The maximum atomic E-state index is 13.5. The molecule has 1 amide bonds. The number of allylic oxidation sites excluding steroid dienone is 1. The zero-order chi connectivity index (χ0) is 24.4. The van der Waals surface area contributed by atoms with E-state index < -0.39 is 76.0 Å². The molecule has 0 unspecified atom stereocenters. The quantitative estimate of drug-likeness (QED) is 0.194. The molecule has 3 aliphatic carbocycles. The second kappa shape index (κ2) is 7.46. The lowest BCUT2D eigenvalue weighted by atomic mass is 9.56. The maximum Gasteiger partial charge on any atom is 0.255 e. The van der Waals surface area contributed by atoms with Crippen LogP contribution in [0, 0.1) is 11.8 Å². The molecule has 0 aliphatic heterocycles. The number of aromatic hydroxyl groups is 1. The highest BCUT2D eigenvalue weighted by atomic mass is 16.4. The van der Waals surface area contributed by atoms with E-state index >= 15 is 0 Å². The number of benzene rings is 1. The number of aliphatic hydroxyl groups excluding tert-OH is 3. The van der Waals surface area contributed by atoms with Crippen LogP contribution >= 0.6 is 0 Å². The molecule has 0 heterocycles. The lowest BCUT2D eigenvalue weighted by molar-refractivity contribution is -0.154. The van der Waals surface area contributed by atoms with E-state index in [1.807, 2.05) is 0 Å². The number of carbonyl (C=O) groups excluding carboxylic acids is 3. The standard InChI is InChI=1S/C23H24N2O8/c1-3-6-25-11-5-4-9-8(2)13-16(19(29)14(9)18(11)28)21(31)23(33)10(17(13)27)7-12(26)15(20(23)30)22(24)32/h3-5,8,10,13,17,25-28,31,33H,1,6-7H2,2H3,(H2,24,32)/t8-,10+,13+,17+,23+/m0/s1. The molecule has 10 nitrogen and oxygen atoms in total. The zero-order valence-electron chi connectivity index (χ0n) is 17.7. The summed E-state index contributed by atoms with van der Waals surface area (Å²) in [6.45, 7) is 5.54. The molecule has 0 bridgehead atoms. The average Bonchev–Trinajstić information content (AvgIpc) is 2.75. The smallest absolute Gasteiger partial charge is 0.255 e. The van der Waals surface area contributed by atoms with Crippen LogP contribution in [0.5, 0.6) is 5.75 Å². The Kier molecular flexibility index (Phi) is 5.10. The highest BCUT2D eigenvalue weighted by Crippen LogP contribution is 2.55. The molecular formula is C23H24N2O8. The van der Waals surface area contributed by atoms with E-state index in [0.717, 1.165) is 0 Å².